The zero-order chi connectivity index (χ0) is 27.9. The maximum atomic E-state index is 13.1. The molecule has 0 radical (unpaired) electrons. The number of benzene rings is 1. The van der Waals surface area contributed by atoms with Crippen molar-refractivity contribution >= 4 is 51.2 Å². The summed E-state index contributed by atoms with van der Waals surface area (Å²) in [6.45, 7) is 4.18. The third-order valence-electron chi connectivity index (χ3n) is 5.18. The molecule has 0 aliphatic carbocycles. The third kappa shape index (κ3) is 9.42. The van der Waals surface area contributed by atoms with E-state index < -0.39 is 23.9 Å². The molecule has 1 unspecified atom stereocenters. The highest BCUT2D eigenvalue weighted by Gasteiger charge is 2.39. The van der Waals surface area contributed by atoms with Crippen molar-refractivity contribution in [1.29, 1.82) is 0 Å². The summed E-state index contributed by atoms with van der Waals surface area (Å²) in [5.74, 6) is -0.825. The van der Waals surface area contributed by atoms with Crippen molar-refractivity contribution in [3.05, 3.63) is 57.4 Å². The Hall–Kier alpha value is -2.38. The number of carbonyl (C=O) groups is 3. The van der Waals surface area contributed by atoms with Crippen molar-refractivity contribution in [2.75, 3.05) is 58.2 Å². The van der Waals surface area contributed by atoms with Crippen molar-refractivity contribution < 1.29 is 38.4 Å². The van der Waals surface area contributed by atoms with Gasteiger partial charge in [0.2, 0.25) is 0 Å². The minimum atomic E-state index is -0.837. The van der Waals surface area contributed by atoms with Gasteiger partial charge in [-0.05, 0) is 25.5 Å². The van der Waals surface area contributed by atoms with Crippen molar-refractivity contribution in [3.8, 4) is 0 Å². The molecule has 1 aromatic carbocycles. The number of amides is 1. The van der Waals surface area contributed by atoms with Gasteiger partial charge in [-0.25, -0.2) is 14.4 Å². The van der Waals surface area contributed by atoms with Crippen LogP contribution < -0.4 is 10.6 Å². The van der Waals surface area contributed by atoms with Crippen LogP contribution in [0, 0.1) is 0 Å². The normalized spacial score (nSPS) is 15.1. The summed E-state index contributed by atoms with van der Waals surface area (Å²) >= 11 is 6.49. The number of ether oxygens (including phenoxy) is 4. The Labute approximate surface area is 235 Å². The Morgan fingerprint density at radius 2 is 1.82 bits per heavy atom. The number of halogens is 1. The molecule has 1 aromatic rings. The van der Waals surface area contributed by atoms with Crippen LogP contribution in [0.1, 0.15) is 25.3 Å². The molecule has 0 bridgehead atoms. The van der Waals surface area contributed by atoms with Gasteiger partial charge in [0.15, 0.2) is 0 Å². The van der Waals surface area contributed by atoms with Gasteiger partial charge in [0.1, 0.15) is 6.61 Å². The predicted molar refractivity (Wildman–Crippen MR) is 148 cm³/mol. The Balaban J connectivity index is 2.11. The smallest absolute Gasteiger partial charge is 0.407 e. The van der Waals surface area contributed by atoms with E-state index in [1.54, 1.807) is 38.1 Å². The molecule has 38 heavy (non-hydrogen) atoms. The highest BCUT2D eigenvalue weighted by Crippen LogP contribution is 2.41. The molecule has 0 spiro atoms. The molecule has 1 aliphatic heterocycles. The highest BCUT2D eigenvalue weighted by molar-refractivity contribution is 8.76. The van der Waals surface area contributed by atoms with Crippen molar-refractivity contribution in [2.45, 2.75) is 19.8 Å². The zero-order valence-electron chi connectivity index (χ0n) is 21.5. The first-order valence-electron chi connectivity index (χ1n) is 11.9. The topological polar surface area (TPSA) is 132 Å². The molecule has 1 amide bonds. The van der Waals surface area contributed by atoms with Gasteiger partial charge < -0.3 is 34.7 Å². The monoisotopic (exact) mass is 588 g/mol. The molecule has 0 fully saturated rings. The van der Waals surface area contributed by atoms with Crippen molar-refractivity contribution in [2.24, 2.45) is 0 Å². The van der Waals surface area contributed by atoms with E-state index >= 15 is 0 Å². The van der Waals surface area contributed by atoms with Crippen molar-refractivity contribution in [3.63, 3.8) is 0 Å². The first kappa shape index (κ1) is 31.8. The third-order valence-corrected chi connectivity index (χ3v) is 7.88. The Bertz CT molecular complexity index is 1030. The number of methoxy groups -OCH3 is 1. The minimum absolute atomic E-state index is 0.0175. The Morgan fingerprint density at radius 3 is 2.50 bits per heavy atom. The van der Waals surface area contributed by atoms with Gasteiger partial charge in [0, 0.05) is 28.8 Å². The Kier molecular flexibility index (Phi) is 14.5. The standard InChI is InChI=1S/C25H33ClN2O8S2/c1-4-35-24(31)22-19(15-34-11-9-27-25(32)36-12-14-38-37-13-10-29)28-16(2)20(23(30)33-3)21(22)17-7-5-6-8-18(17)26/h5-8,21,28-29H,4,9-15H2,1-3H3,(H,27,32). The number of carbonyl (C=O) groups excluding carboxylic acids is 3. The number of hydrogen-bond acceptors (Lipinski definition) is 11. The molecule has 13 heteroatoms. The van der Waals surface area contributed by atoms with Crippen LogP contribution >= 0.6 is 33.2 Å². The van der Waals surface area contributed by atoms with Crippen LogP contribution in [0.3, 0.4) is 0 Å². The maximum absolute atomic E-state index is 13.1. The van der Waals surface area contributed by atoms with E-state index in [-0.39, 0.29) is 50.7 Å². The second kappa shape index (κ2) is 17.3. The fourth-order valence-electron chi connectivity index (χ4n) is 3.63. The van der Waals surface area contributed by atoms with Gasteiger partial charge in [-0.2, -0.15) is 0 Å². The van der Waals surface area contributed by atoms with E-state index in [2.05, 4.69) is 10.6 Å². The van der Waals surface area contributed by atoms with E-state index in [1.807, 2.05) is 0 Å². The van der Waals surface area contributed by atoms with Gasteiger partial charge in [-0.3, -0.25) is 0 Å². The van der Waals surface area contributed by atoms with Crippen LogP contribution in [0.5, 0.6) is 0 Å². The predicted octanol–water partition coefficient (Wildman–Crippen LogP) is 3.41. The number of esters is 2. The first-order chi connectivity index (χ1) is 18.3. The molecule has 2 rings (SSSR count). The Morgan fingerprint density at radius 1 is 1.08 bits per heavy atom. The summed E-state index contributed by atoms with van der Waals surface area (Å²) in [6.07, 6.45) is -0.566. The number of allylic oxidation sites excluding steroid dienone is 1. The number of alkyl carbamates (subject to hydrolysis) is 1. The molecule has 210 valence electrons. The summed E-state index contributed by atoms with van der Waals surface area (Å²) < 4.78 is 21.2. The van der Waals surface area contributed by atoms with Crippen LogP contribution in [-0.4, -0.2) is 81.3 Å². The average Bonchev–Trinajstić information content (AvgIpc) is 2.90. The minimum Gasteiger partial charge on any atom is -0.466 e. The SMILES string of the molecule is CCOC(=O)C1=C(COCCNC(=O)OCCSSCCO)NC(C)=C(C(=O)OC)C1c1ccccc1Cl. The summed E-state index contributed by atoms with van der Waals surface area (Å²) in [5, 5.41) is 14.8. The number of hydrogen-bond donors (Lipinski definition) is 3. The number of dihydropyridines is 1. The second-order valence-electron chi connectivity index (χ2n) is 7.71. The summed E-state index contributed by atoms with van der Waals surface area (Å²) in [6, 6.07) is 6.95. The molecule has 10 nitrogen and oxygen atoms in total. The molecular weight excluding hydrogens is 556 g/mol. The maximum Gasteiger partial charge on any atom is 0.407 e. The van der Waals surface area contributed by atoms with Crippen LogP contribution in [0.25, 0.3) is 0 Å². The van der Waals surface area contributed by atoms with E-state index in [4.69, 9.17) is 35.7 Å². The largest absolute Gasteiger partial charge is 0.466 e. The summed E-state index contributed by atoms with van der Waals surface area (Å²) in [5.41, 5.74) is 1.89. The lowest BCUT2D eigenvalue weighted by atomic mass is 9.80. The van der Waals surface area contributed by atoms with Crippen LogP contribution in [0.2, 0.25) is 5.02 Å². The first-order valence-corrected chi connectivity index (χ1v) is 14.8. The van der Waals surface area contributed by atoms with E-state index in [1.165, 1.54) is 28.7 Å². The van der Waals surface area contributed by atoms with Crippen molar-refractivity contribution in [1.82, 2.24) is 10.6 Å². The number of aliphatic hydroxyl groups excluding tert-OH is 1. The summed E-state index contributed by atoms with van der Waals surface area (Å²) in [4.78, 5) is 37.7. The molecule has 3 N–H and O–H groups in total. The average molecular weight is 589 g/mol. The van der Waals surface area contributed by atoms with Crippen LogP contribution in [0.4, 0.5) is 4.79 Å². The molecule has 0 aromatic heterocycles. The fraction of sp³-hybridized carbons (Fsp3) is 0.480. The van der Waals surface area contributed by atoms with Gasteiger partial charge in [0.05, 0.1) is 56.3 Å². The lowest BCUT2D eigenvalue weighted by molar-refractivity contribution is -0.139. The molecule has 0 saturated heterocycles. The lowest BCUT2D eigenvalue weighted by Crippen LogP contribution is -2.35. The molecule has 0 saturated carbocycles. The van der Waals surface area contributed by atoms with Gasteiger partial charge in [-0.15, -0.1) is 0 Å². The van der Waals surface area contributed by atoms with E-state index in [9.17, 15) is 14.4 Å². The molecular formula is C25H33ClN2O8S2. The quantitative estimate of drug-likeness (QED) is 0.120. The van der Waals surface area contributed by atoms with Crippen LogP contribution in [-0.2, 0) is 28.5 Å². The highest BCUT2D eigenvalue weighted by atomic mass is 35.5. The second-order valence-corrected chi connectivity index (χ2v) is 10.8. The van der Waals surface area contributed by atoms with E-state index in [0.717, 1.165) is 0 Å². The lowest BCUT2D eigenvalue weighted by Gasteiger charge is -2.31. The number of rotatable bonds is 15. The van der Waals surface area contributed by atoms with E-state index in [0.29, 0.717) is 33.5 Å². The van der Waals surface area contributed by atoms with Gasteiger partial charge in [-0.1, -0.05) is 51.4 Å². The fourth-order valence-corrected chi connectivity index (χ4v) is 5.48. The van der Waals surface area contributed by atoms with Gasteiger partial charge >= 0.3 is 18.0 Å². The molecule has 1 heterocycles. The zero-order valence-corrected chi connectivity index (χ0v) is 23.9. The van der Waals surface area contributed by atoms with Crippen LogP contribution in [0.15, 0.2) is 46.8 Å². The summed E-state index contributed by atoms with van der Waals surface area (Å²) in [7, 11) is 4.29. The number of aliphatic hydroxyl groups is 1. The number of nitrogens with one attached hydrogen (secondary N) is 2. The van der Waals surface area contributed by atoms with Gasteiger partial charge in [0.25, 0.3) is 0 Å². The molecule has 1 atom stereocenters. The molecule has 1 aliphatic rings.